The fraction of sp³-hybridized carbons (Fsp3) is 0.548. The van der Waals surface area contributed by atoms with Crippen molar-refractivity contribution in [1.29, 1.82) is 0 Å². The molecule has 0 bridgehead atoms. The summed E-state index contributed by atoms with van der Waals surface area (Å²) in [6.45, 7) is 15.4. The first kappa shape index (κ1) is 27.6. The summed E-state index contributed by atoms with van der Waals surface area (Å²) in [5.41, 5.74) is 6.19. The molecule has 2 aromatic heterocycles. The first-order valence-corrected chi connectivity index (χ1v) is 13.9. The van der Waals surface area contributed by atoms with Crippen molar-refractivity contribution in [3.05, 3.63) is 45.5 Å². The molecule has 2 atom stereocenters. The predicted molar refractivity (Wildman–Crippen MR) is 148 cm³/mol. The molecule has 8 heteroatoms. The highest BCUT2D eigenvalue weighted by Crippen LogP contribution is 2.46. The van der Waals surface area contributed by atoms with Crippen molar-refractivity contribution < 1.29 is 28.5 Å². The van der Waals surface area contributed by atoms with E-state index in [0.29, 0.717) is 41.2 Å². The number of aryl methyl sites for hydroxylation is 3. The number of carbonyl (C=O) groups is 1. The van der Waals surface area contributed by atoms with Crippen molar-refractivity contribution in [2.45, 2.75) is 98.5 Å². The third-order valence-corrected chi connectivity index (χ3v) is 8.12. The van der Waals surface area contributed by atoms with Crippen LogP contribution in [0.2, 0.25) is 0 Å². The number of carboxylic acid groups (broad SMARTS) is 1. The largest absolute Gasteiger partial charge is 0.490 e. The number of ether oxygens (including phenoxy) is 3. The Morgan fingerprint density at radius 1 is 1.23 bits per heavy atom. The number of rotatable bonds is 7. The molecular formula is C31H39FN2O5. The molecule has 1 N–H and O–H groups in total. The SMILES string of the molecule is Cc1nc2c(c(C)c(C)n2CCC2CCO2)c(-c2cc(F)c3c(c2C)CCCO3)c1[C@H](OC(C)(C)C)C(=O)O. The number of hydrogen-bond donors (Lipinski definition) is 1. The van der Waals surface area contributed by atoms with Crippen LogP contribution < -0.4 is 4.74 Å². The lowest BCUT2D eigenvalue weighted by Crippen LogP contribution is -2.29. The van der Waals surface area contributed by atoms with Crippen molar-refractivity contribution in [1.82, 2.24) is 9.55 Å². The predicted octanol–water partition coefficient (Wildman–Crippen LogP) is 6.52. The number of carboxylic acids is 1. The van der Waals surface area contributed by atoms with Crippen molar-refractivity contribution >= 4 is 17.0 Å². The monoisotopic (exact) mass is 538 g/mol. The molecule has 7 nitrogen and oxygen atoms in total. The molecule has 0 aliphatic carbocycles. The van der Waals surface area contributed by atoms with Crippen LogP contribution in [0.15, 0.2) is 6.07 Å². The Labute approximate surface area is 229 Å². The number of fused-ring (bicyclic) bond motifs is 2. The smallest absolute Gasteiger partial charge is 0.337 e. The van der Waals surface area contributed by atoms with E-state index in [1.54, 1.807) is 0 Å². The molecule has 2 aliphatic heterocycles. The minimum atomic E-state index is -1.28. The molecule has 0 saturated carbocycles. The molecule has 210 valence electrons. The highest BCUT2D eigenvalue weighted by molar-refractivity contribution is 6.01. The summed E-state index contributed by atoms with van der Waals surface area (Å²) < 4.78 is 35.3. The zero-order valence-corrected chi connectivity index (χ0v) is 24.0. The molecule has 3 aromatic rings. The normalized spacial score (nSPS) is 18.0. The Kier molecular flexibility index (Phi) is 7.22. The average molecular weight is 539 g/mol. The first-order valence-electron chi connectivity index (χ1n) is 13.9. The third-order valence-electron chi connectivity index (χ3n) is 8.12. The molecule has 0 radical (unpaired) electrons. The van der Waals surface area contributed by atoms with Gasteiger partial charge in [0.15, 0.2) is 17.7 Å². The summed E-state index contributed by atoms with van der Waals surface area (Å²) in [4.78, 5) is 17.7. The van der Waals surface area contributed by atoms with Gasteiger partial charge in [0.25, 0.3) is 0 Å². The lowest BCUT2D eigenvalue weighted by atomic mass is 9.86. The van der Waals surface area contributed by atoms with E-state index in [2.05, 4.69) is 11.5 Å². The number of nitrogens with zero attached hydrogens (tertiary/aromatic N) is 2. The molecule has 39 heavy (non-hydrogen) atoms. The van der Waals surface area contributed by atoms with Crippen LogP contribution in [-0.4, -0.2) is 45.5 Å². The van der Waals surface area contributed by atoms with Gasteiger partial charge in [-0.15, -0.1) is 0 Å². The minimum absolute atomic E-state index is 0.246. The highest BCUT2D eigenvalue weighted by Gasteiger charge is 2.35. The first-order chi connectivity index (χ1) is 18.4. The van der Waals surface area contributed by atoms with Gasteiger partial charge in [-0.05, 0) is 96.9 Å². The van der Waals surface area contributed by atoms with Crippen molar-refractivity contribution in [3.8, 4) is 16.9 Å². The van der Waals surface area contributed by atoms with E-state index in [0.717, 1.165) is 65.8 Å². The van der Waals surface area contributed by atoms with Crippen LogP contribution in [0.4, 0.5) is 4.39 Å². The molecule has 4 heterocycles. The van der Waals surface area contributed by atoms with Crippen LogP contribution in [0.1, 0.15) is 79.8 Å². The van der Waals surface area contributed by atoms with Crippen molar-refractivity contribution in [3.63, 3.8) is 0 Å². The van der Waals surface area contributed by atoms with Crippen LogP contribution in [0, 0.1) is 33.5 Å². The Morgan fingerprint density at radius 2 is 1.95 bits per heavy atom. The Morgan fingerprint density at radius 3 is 2.56 bits per heavy atom. The Hall–Kier alpha value is -2.97. The maximum Gasteiger partial charge on any atom is 0.337 e. The second-order valence-corrected chi connectivity index (χ2v) is 11.9. The van der Waals surface area contributed by atoms with E-state index >= 15 is 4.39 Å². The van der Waals surface area contributed by atoms with Crippen LogP contribution in [0.5, 0.6) is 5.75 Å². The number of hydrogen-bond acceptors (Lipinski definition) is 5. The van der Waals surface area contributed by atoms with Gasteiger partial charge in [-0.25, -0.2) is 14.2 Å². The second-order valence-electron chi connectivity index (χ2n) is 11.9. The van der Waals surface area contributed by atoms with Gasteiger partial charge in [0.1, 0.15) is 5.65 Å². The van der Waals surface area contributed by atoms with E-state index in [1.807, 2.05) is 41.5 Å². The average Bonchev–Trinajstić information content (AvgIpc) is 3.07. The van der Waals surface area contributed by atoms with Gasteiger partial charge in [0, 0.05) is 46.6 Å². The fourth-order valence-electron chi connectivity index (χ4n) is 5.96. The lowest BCUT2D eigenvalue weighted by Gasteiger charge is -2.29. The van der Waals surface area contributed by atoms with Gasteiger partial charge < -0.3 is 23.9 Å². The standard InChI is InChI=1S/C31H39FN2O5/c1-16-19(4)34(12-10-20-11-14-37-20)29-24(16)26(22-15-23(32)27-21(17(22)2)9-8-13-38-27)25(18(3)33-29)28(30(35)36)39-31(5,6)7/h15,20,28H,8-14H2,1-7H3,(H,35,36)/t20?,28-/m0/s1. The van der Waals surface area contributed by atoms with E-state index in [-0.39, 0.29) is 6.10 Å². The highest BCUT2D eigenvalue weighted by atomic mass is 19.1. The number of halogens is 1. The van der Waals surface area contributed by atoms with Gasteiger partial charge >= 0.3 is 5.97 Å². The topological polar surface area (TPSA) is 82.8 Å². The van der Waals surface area contributed by atoms with E-state index in [4.69, 9.17) is 19.2 Å². The van der Waals surface area contributed by atoms with Gasteiger partial charge in [-0.1, -0.05) is 0 Å². The van der Waals surface area contributed by atoms with Crippen LogP contribution >= 0.6 is 0 Å². The van der Waals surface area contributed by atoms with Crippen LogP contribution in [0.3, 0.4) is 0 Å². The number of aromatic nitrogens is 2. The summed E-state index contributed by atoms with van der Waals surface area (Å²) in [7, 11) is 0. The number of pyridine rings is 1. The second kappa shape index (κ2) is 10.2. The summed E-state index contributed by atoms with van der Waals surface area (Å²) in [6.07, 6.45) is 2.40. The van der Waals surface area contributed by atoms with Crippen LogP contribution in [0.25, 0.3) is 22.2 Å². The zero-order valence-electron chi connectivity index (χ0n) is 24.0. The number of aliphatic carboxylic acids is 1. The van der Waals surface area contributed by atoms with E-state index < -0.39 is 23.5 Å². The molecule has 0 amide bonds. The third kappa shape index (κ3) is 4.93. The maximum absolute atomic E-state index is 15.6. The van der Waals surface area contributed by atoms with Gasteiger partial charge in [0.2, 0.25) is 0 Å². The van der Waals surface area contributed by atoms with Crippen molar-refractivity contribution in [2.24, 2.45) is 0 Å². The van der Waals surface area contributed by atoms with E-state index in [9.17, 15) is 9.90 Å². The molecular weight excluding hydrogens is 499 g/mol. The molecule has 0 spiro atoms. The molecule has 1 saturated heterocycles. The summed E-state index contributed by atoms with van der Waals surface area (Å²) >= 11 is 0. The lowest BCUT2D eigenvalue weighted by molar-refractivity contribution is -0.160. The van der Waals surface area contributed by atoms with E-state index in [1.165, 1.54) is 6.07 Å². The fourth-order valence-corrected chi connectivity index (χ4v) is 5.96. The van der Waals surface area contributed by atoms with Crippen LogP contribution in [-0.2, 0) is 27.2 Å². The molecule has 1 aromatic carbocycles. The molecule has 5 rings (SSSR count). The Balaban J connectivity index is 1.84. The maximum atomic E-state index is 15.6. The number of benzene rings is 1. The molecule has 2 aliphatic rings. The Bertz CT molecular complexity index is 1450. The molecule has 1 fully saturated rings. The minimum Gasteiger partial charge on any atom is -0.490 e. The summed E-state index contributed by atoms with van der Waals surface area (Å²) in [5, 5.41) is 11.3. The quantitative estimate of drug-likeness (QED) is 0.369. The van der Waals surface area contributed by atoms with Gasteiger partial charge in [-0.3, -0.25) is 0 Å². The summed E-state index contributed by atoms with van der Waals surface area (Å²) in [5.74, 6) is -1.23. The van der Waals surface area contributed by atoms with Gasteiger partial charge in [-0.2, -0.15) is 0 Å². The van der Waals surface area contributed by atoms with Gasteiger partial charge in [0.05, 0.1) is 18.3 Å². The zero-order chi connectivity index (χ0) is 28.2. The summed E-state index contributed by atoms with van der Waals surface area (Å²) in [6, 6.07) is 1.50. The van der Waals surface area contributed by atoms with Crippen molar-refractivity contribution in [2.75, 3.05) is 13.2 Å². The molecule has 1 unspecified atom stereocenters.